The van der Waals surface area contributed by atoms with Crippen molar-refractivity contribution in [2.45, 2.75) is 26.2 Å². The van der Waals surface area contributed by atoms with Crippen LogP contribution in [-0.2, 0) is 19.3 Å². The lowest BCUT2D eigenvalue weighted by Crippen LogP contribution is -2.14. The quantitative estimate of drug-likeness (QED) is 0.458. The van der Waals surface area contributed by atoms with Gasteiger partial charge in [-0.2, -0.15) is 0 Å². The average Bonchev–Trinajstić information content (AvgIpc) is 3.27. The largest absolute Gasteiger partial charge is 0.364 e. The summed E-state index contributed by atoms with van der Waals surface area (Å²) in [6.45, 7) is 1.93. The van der Waals surface area contributed by atoms with Crippen LogP contribution in [0, 0.1) is 18.6 Å². The SMILES string of the molecule is Cc1cc2c(CCc3c(C(N)=O)noc3Cc3cc(F)ccc3F)c[nH]c2cc1Cl. The van der Waals surface area contributed by atoms with Gasteiger partial charge < -0.3 is 15.2 Å². The van der Waals surface area contributed by atoms with Crippen molar-refractivity contribution in [1.29, 1.82) is 0 Å². The predicted molar refractivity (Wildman–Crippen MR) is 110 cm³/mol. The Labute approximate surface area is 175 Å². The number of rotatable bonds is 6. The number of nitrogens with one attached hydrogen (secondary N) is 1. The number of amides is 1. The summed E-state index contributed by atoms with van der Waals surface area (Å²) in [5.41, 5.74) is 8.92. The smallest absolute Gasteiger partial charge is 0.271 e. The number of benzene rings is 2. The maximum absolute atomic E-state index is 14.1. The van der Waals surface area contributed by atoms with Gasteiger partial charge in [-0.05, 0) is 66.8 Å². The van der Waals surface area contributed by atoms with Crippen molar-refractivity contribution < 1.29 is 18.1 Å². The number of aryl methyl sites for hydroxylation is 2. The Morgan fingerprint density at radius 3 is 2.77 bits per heavy atom. The van der Waals surface area contributed by atoms with E-state index in [1.807, 2.05) is 25.3 Å². The average molecular weight is 430 g/mol. The molecule has 4 rings (SSSR count). The molecule has 4 aromatic rings. The Bertz CT molecular complexity index is 1260. The van der Waals surface area contributed by atoms with Gasteiger partial charge >= 0.3 is 0 Å². The summed E-state index contributed by atoms with van der Waals surface area (Å²) in [6.07, 6.45) is 2.79. The number of hydrogen-bond donors (Lipinski definition) is 2. The summed E-state index contributed by atoms with van der Waals surface area (Å²) >= 11 is 6.18. The monoisotopic (exact) mass is 429 g/mol. The number of H-pyrrole nitrogens is 1. The number of carbonyl (C=O) groups is 1. The molecule has 0 aliphatic heterocycles. The van der Waals surface area contributed by atoms with Crippen LogP contribution in [0.1, 0.15) is 38.5 Å². The van der Waals surface area contributed by atoms with Gasteiger partial charge in [0.15, 0.2) is 5.69 Å². The lowest BCUT2D eigenvalue weighted by atomic mass is 9.98. The van der Waals surface area contributed by atoms with Crippen LogP contribution >= 0.6 is 11.6 Å². The molecule has 0 unspecified atom stereocenters. The molecule has 3 N–H and O–H groups in total. The van der Waals surface area contributed by atoms with Crippen LogP contribution in [0.4, 0.5) is 8.78 Å². The molecule has 154 valence electrons. The predicted octanol–water partition coefficient (Wildman–Crippen LogP) is 4.87. The highest BCUT2D eigenvalue weighted by Crippen LogP contribution is 2.28. The number of nitrogens with zero attached hydrogens (tertiary/aromatic N) is 1. The molecule has 0 saturated carbocycles. The first-order valence-electron chi connectivity index (χ1n) is 9.30. The standard InChI is InChI=1S/C22H18ClF2N3O2/c1-11-6-16-12(10-27-19(16)9-17(11)23)2-4-15-20(30-28-21(15)22(26)29)8-13-7-14(24)3-5-18(13)25/h3,5-7,9-10,27H,2,4,8H2,1H3,(H2,26,29). The molecule has 2 heterocycles. The van der Waals surface area contributed by atoms with Gasteiger partial charge in [0, 0.05) is 34.1 Å². The summed E-state index contributed by atoms with van der Waals surface area (Å²) in [5, 5.41) is 5.45. The van der Waals surface area contributed by atoms with Crippen molar-refractivity contribution in [2.75, 3.05) is 0 Å². The number of fused-ring (bicyclic) bond motifs is 1. The summed E-state index contributed by atoms with van der Waals surface area (Å²) < 4.78 is 32.9. The van der Waals surface area contributed by atoms with E-state index in [1.165, 1.54) is 0 Å². The first-order valence-corrected chi connectivity index (χ1v) is 9.68. The fraction of sp³-hybridized carbons (Fsp3) is 0.182. The molecule has 0 radical (unpaired) electrons. The third-order valence-corrected chi connectivity index (χ3v) is 5.56. The van der Waals surface area contributed by atoms with Gasteiger partial charge in [-0.1, -0.05) is 16.8 Å². The van der Waals surface area contributed by atoms with Gasteiger partial charge in [0.25, 0.3) is 5.91 Å². The highest BCUT2D eigenvalue weighted by atomic mass is 35.5. The van der Waals surface area contributed by atoms with E-state index >= 15 is 0 Å². The topological polar surface area (TPSA) is 84.9 Å². The van der Waals surface area contributed by atoms with Crippen LogP contribution < -0.4 is 5.73 Å². The minimum Gasteiger partial charge on any atom is -0.364 e. The Morgan fingerprint density at radius 2 is 2.00 bits per heavy atom. The molecule has 0 aliphatic rings. The van der Waals surface area contributed by atoms with E-state index in [-0.39, 0.29) is 23.4 Å². The van der Waals surface area contributed by atoms with Crippen molar-refractivity contribution in [3.63, 3.8) is 0 Å². The van der Waals surface area contributed by atoms with Gasteiger partial charge in [0.05, 0.1) is 0 Å². The summed E-state index contributed by atoms with van der Waals surface area (Å²) in [4.78, 5) is 15.0. The fourth-order valence-corrected chi connectivity index (χ4v) is 3.72. The molecular weight excluding hydrogens is 412 g/mol. The molecule has 0 spiro atoms. The molecule has 5 nitrogen and oxygen atoms in total. The lowest BCUT2D eigenvalue weighted by molar-refractivity contribution is 0.0991. The number of aromatic amines is 1. The van der Waals surface area contributed by atoms with Crippen LogP contribution in [-0.4, -0.2) is 16.0 Å². The Kier molecular flexibility index (Phi) is 5.30. The van der Waals surface area contributed by atoms with Crippen molar-refractivity contribution in [1.82, 2.24) is 10.1 Å². The Balaban J connectivity index is 1.65. The Morgan fingerprint density at radius 1 is 1.20 bits per heavy atom. The van der Waals surface area contributed by atoms with Crippen molar-refractivity contribution in [3.05, 3.63) is 86.9 Å². The summed E-state index contributed by atoms with van der Waals surface area (Å²) in [6, 6.07) is 7.05. The molecule has 0 aliphatic carbocycles. The fourth-order valence-electron chi connectivity index (χ4n) is 3.56. The van der Waals surface area contributed by atoms with E-state index in [0.717, 1.165) is 40.2 Å². The summed E-state index contributed by atoms with van der Waals surface area (Å²) in [7, 11) is 0. The van der Waals surface area contributed by atoms with E-state index in [4.69, 9.17) is 21.9 Å². The van der Waals surface area contributed by atoms with E-state index in [2.05, 4.69) is 10.1 Å². The van der Waals surface area contributed by atoms with Crippen LogP contribution in [0.15, 0.2) is 41.1 Å². The molecule has 0 bridgehead atoms. The number of primary amides is 1. The maximum atomic E-state index is 14.1. The number of carbonyl (C=O) groups excluding carboxylic acids is 1. The van der Waals surface area contributed by atoms with E-state index in [1.54, 1.807) is 0 Å². The lowest BCUT2D eigenvalue weighted by Gasteiger charge is -2.05. The van der Waals surface area contributed by atoms with E-state index in [9.17, 15) is 13.6 Å². The van der Waals surface area contributed by atoms with Gasteiger partial charge in [0.1, 0.15) is 17.4 Å². The highest BCUT2D eigenvalue weighted by molar-refractivity contribution is 6.32. The molecular formula is C22H18ClF2N3O2. The van der Waals surface area contributed by atoms with Crippen LogP contribution in [0.25, 0.3) is 10.9 Å². The minimum atomic E-state index is -0.735. The molecule has 2 aromatic carbocycles. The molecule has 30 heavy (non-hydrogen) atoms. The number of hydrogen-bond acceptors (Lipinski definition) is 3. The van der Waals surface area contributed by atoms with Crippen LogP contribution in [0.3, 0.4) is 0 Å². The maximum Gasteiger partial charge on any atom is 0.271 e. The second-order valence-electron chi connectivity index (χ2n) is 7.17. The summed E-state index contributed by atoms with van der Waals surface area (Å²) in [5.74, 6) is -1.58. The van der Waals surface area contributed by atoms with Crippen LogP contribution in [0.5, 0.6) is 0 Å². The zero-order valence-corrected chi connectivity index (χ0v) is 16.8. The molecule has 0 atom stereocenters. The molecule has 1 amide bonds. The third-order valence-electron chi connectivity index (χ3n) is 5.15. The van der Waals surface area contributed by atoms with E-state index in [0.29, 0.717) is 23.4 Å². The van der Waals surface area contributed by atoms with E-state index < -0.39 is 17.5 Å². The van der Waals surface area contributed by atoms with Crippen molar-refractivity contribution >= 4 is 28.4 Å². The Hall–Kier alpha value is -3.19. The third kappa shape index (κ3) is 3.80. The van der Waals surface area contributed by atoms with Gasteiger partial charge in [0.2, 0.25) is 0 Å². The zero-order valence-electron chi connectivity index (χ0n) is 16.1. The first kappa shape index (κ1) is 20.1. The molecule has 2 aromatic heterocycles. The minimum absolute atomic E-state index is 0.000812. The first-order chi connectivity index (χ1) is 14.3. The second kappa shape index (κ2) is 7.91. The normalized spacial score (nSPS) is 11.3. The molecule has 8 heteroatoms. The number of nitrogens with two attached hydrogens (primary N) is 1. The number of aromatic nitrogens is 2. The van der Waals surface area contributed by atoms with Crippen LogP contribution in [0.2, 0.25) is 5.02 Å². The van der Waals surface area contributed by atoms with Gasteiger partial charge in [-0.15, -0.1) is 0 Å². The zero-order chi connectivity index (χ0) is 21.4. The molecule has 0 fully saturated rings. The highest BCUT2D eigenvalue weighted by Gasteiger charge is 2.22. The van der Waals surface area contributed by atoms with Crippen molar-refractivity contribution in [2.24, 2.45) is 5.73 Å². The molecule has 0 saturated heterocycles. The second-order valence-corrected chi connectivity index (χ2v) is 7.58. The van der Waals surface area contributed by atoms with Gasteiger partial charge in [-0.3, -0.25) is 4.79 Å². The number of halogens is 3. The van der Waals surface area contributed by atoms with Crippen molar-refractivity contribution in [3.8, 4) is 0 Å². The van der Waals surface area contributed by atoms with Gasteiger partial charge in [-0.25, -0.2) is 8.78 Å².